The third-order valence-corrected chi connectivity index (χ3v) is 7.29. The smallest absolute Gasteiger partial charge is 0.288 e. The number of Topliss-reactive ketones (excluding diaryl/α,β-unsaturated/α-hetero) is 1. The van der Waals surface area contributed by atoms with Crippen LogP contribution in [0, 0.1) is 17.8 Å². The van der Waals surface area contributed by atoms with Crippen LogP contribution in [0.3, 0.4) is 0 Å². The Morgan fingerprint density at radius 1 is 1.18 bits per heavy atom. The van der Waals surface area contributed by atoms with Gasteiger partial charge in [0.25, 0.3) is 5.56 Å². The second-order valence-electron chi connectivity index (χ2n) is 8.99. The van der Waals surface area contributed by atoms with Crippen LogP contribution in [0.4, 0.5) is 11.4 Å². The van der Waals surface area contributed by atoms with E-state index >= 15 is 0 Å². The van der Waals surface area contributed by atoms with Gasteiger partial charge in [0.1, 0.15) is 5.02 Å². The summed E-state index contributed by atoms with van der Waals surface area (Å²) in [6.07, 6.45) is 8.75. The maximum absolute atomic E-state index is 13.1. The fraction of sp³-hybridized carbons (Fsp3) is 0.500. The van der Waals surface area contributed by atoms with E-state index in [9.17, 15) is 9.59 Å². The van der Waals surface area contributed by atoms with E-state index in [1.165, 1.54) is 26.2 Å². The molecule has 0 spiro atoms. The first-order valence-corrected chi connectivity index (χ1v) is 10.5. The monoisotopic (exact) mass is 397 g/mol. The SMILES string of the molecule is CC(=O)c1cccc(Nc2cnn(C34CC5CC(CC(C5)C3)C4)c(=O)c2Cl)c1. The number of nitrogens with one attached hydrogen (secondary N) is 1. The van der Waals surface area contributed by atoms with E-state index in [0.717, 1.165) is 37.0 Å². The van der Waals surface area contributed by atoms with E-state index in [4.69, 9.17) is 11.6 Å². The number of hydrogen-bond acceptors (Lipinski definition) is 4. The second kappa shape index (κ2) is 6.45. The first-order chi connectivity index (χ1) is 13.4. The highest BCUT2D eigenvalue weighted by atomic mass is 35.5. The second-order valence-corrected chi connectivity index (χ2v) is 9.37. The topological polar surface area (TPSA) is 64.0 Å². The van der Waals surface area contributed by atoms with E-state index in [1.54, 1.807) is 29.1 Å². The Balaban J connectivity index is 1.48. The van der Waals surface area contributed by atoms with Crippen molar-refractivity contribution in [3.63, 3.8) is 0 Å². The lowest BCUT2D eigenvalue weighted by atomic mass is 9.53. The summed E-state index contributed by atoms with van der Waals surface area (Å²) >= 11 is 6.49. The molecule has 6 heteroatoms. The van der Waals surface area contributed by atoms with Crippen molar-refractivity contribution in [2.45, 2.75) is 51.0 Å². The summed E-state index contributed by atoms with van der Waals surface area (Å²) in [5, 5.41) is 7.89. The van der Waals surface area contributed by atoms with Gasteiger partial charge in [0.05, 0.1) is 17.4 Å². The van der Waals surface area contributed by atoms with Crippen molar-refractivity contribution in [2.24, 2.45) is 17.8 Å². The highest BCUT2D eigenvalue weighted by Crippen LogP contribution is 2.58. The van der Waals surface area contributed by atoms with E-state index in [2.05, 4.69) is 10.4 Å². The first-order valence-electron chi connectivity index (χ1n) is 10.1. The van der Waals surface area contributed by atoms with Gasteiger partial charge in [-0.3, -0.25) is 9.59 Å². The van der Waals surface area contributed by atoms with E-state index in [0.29, 0.717) is 16.9 Å². The van der Waals surface area contributed by atoms with E-state index in [1.807, 2.05) is 6.07 Å². The third-order valence-electron chi connectivity index (χ3n) is 6.92. The molecule has 2 aromatic rings. The van der Waals surface area contributed by atoms with E-state index < -0.39 is 0 Å². The Kier molecular flexibility index (Phi) is 4.13. The number of halogens is 1. The highest BCUT2D eigenvalue weighted by Gasteiger charge is 2.53. The maximum atomic E-state index is 13.1. The molecule has 0 amide bonds. The molecule has 4 aliphatic carbocycles. The molecular formula is C22H24ClN3O2. The molecule has 1 aromatic heterocycles. The van der Waals surface area contributed by atoms with Gasteiger partial charge in [-0.25, -0.2) is 4.68 Å². The largest absolute Gasteiger partial charge is 0.353 e. The fourth-order valence-corrected chi connectivity index (χ4v) is 6.33. The number of aromatic nitrogens is 2. The van der Waals surface area contributed by atoms with Gasteiger partial charge in [-0.15, -0.1) is 0 Å². The van der Waals surface area contributed by atoms with Gasteiger partial charge in [-0.2, -0.15) is 5.10 Å². The first kappa shape index (κ1) is 17.9. The zero-order valence-corrected chi connectivity index (χ0v) is 16.7. The number of nitrogens with zero attached hydrogens (tertiary/aromatic N) is 2. The highest BCUT2D eigenvalue weighted by molar-refractivity contribution is 6.33. The van der Waals surface area contributed by atoms with Gasteiger partial charge < -0.3 is 5.32 Å². The molecule has 1 aromatic carbocycles. The number of anilines is 2. The molecular weight excluding hydrogens is 374 g/mol. The van der Waals surface area contributed by atoms with Crippen LogP contribution in [-0.4, -0.2) is 15.6 Å². The summed E-state index contributed by atoms with van der Waals surface area (Å²) < 4.78 is 1.69. The Bertz CT molecular complexity index is 978. The molecule has 1 heterocycles. The summed E-state index contributed by atoms with van der Waals surface area (Å²) in [5.41, 5.74) is 1.44. The van der Waals surface area contributed by atoms with Crippen molar-refractivity contribution in [3.05, 3.63) is 51.4 Å². The van der Waals surface area contributed by atoms with Crippen molar-refractivity contribution in [1.29, 1.82) is 0 Å². The van der Waals surface area contributed by atoms with Crippen LogP contribution in [0.1, 0.15) is 55.8 Å². The molecule has 146 valence electrons. The minimum atomic E-state index is -0.212. The molecule has 0 unspecified atom stereocenters. The lowest BCUT2D eigenvalue weighted by molar-refractivity contribution is -0.0518. The zero-order chi connectivity index (χ0) is 19.5. The molecule has 4 bridgehead atoms. The minimum absolute atomic E-state index is 0.00916. The van der Waals surface area contributed by atoms with Gasteiger partial charge >= 0.3 is 0 Å². The molecule has 0 atom stereocenters. The Morgan fingerprint density at radius 3 is 2.43 bits per heavy atom. The minimum Gasteiger partial charge on any atom is -0.353 e. The van der Waals surface area contributed by atoms with Gasteiger partial charge in [0.2, 0.25) is 0 Å². The van der Waals surface area contributed by atoms with Gasteiger partial charge in [0.15, 0.2) is 5.78 Å². The lowest BCUT2D eigenvalue weighted by Crippen LogP contribution is -2.55. The van der Waals surface area contributed by atoms with Crippen molar-refractivity contribution in [1.82, 2.24) is 9.78 Å². The standard InChI is InChI=1S/C22H24ClN3O2/c1-13(27)17-3-2-4-18(8-17)25-19-12-24-26(21(28)20(19)23)22-9-14-5-15(10-22)7-16(6-14)11-22/h2-4,8,12,14-16,25H,5-7,9-11H2,1H3. The average Bonchev–Trinajstić information content (AvgIpc) is 2.64. The van der Waals surface area contributed by atoms with Crippen molar-refractivity contribution < 1.29 is 4.79 Å². The predicted octanol–water partition coefficient (Wildman–Crippen LogP) is 4.77. The molecule has 4 fully saturated rings. The summed E-state index contributed by atoms with van der Waals surface area (Å²) in [6, 6.07) is 7.16. The Morgan fingerprint density at radius 2 is 1.82 bits per heavy atom. The third kappa shape index (κ3) is 2.87. The number of hydrogen-bond donors (Lipinski definition) is 1. The van der Waals surface area contributed by atoms with Crippen LogP contribution < -0.4 is 10.9 Å². The fourth-order valence-electron chi connectivity index (χ4n) is 6.15. The molecule has 28 heavy (non-hydrogen) atoms. The lowest BCUT2D eigenvalue weighted by Gasteiger charge is -2.56. The van der Waals surface area contributed by atoms with Crippen LogP contribution in [-0.2, 0) is 5.54 Å². The maximum Gasteiger partial charge on any atom is 0.288 e. The Hall–Kier alpha value is -2.14. The molecule has 0 radical (unpaired) electrons. The van der Waals surface area contributed by atoms with Crippen molar-refractivity contribution >= 4 is 28.8 Å². The van der Waals surface area contributed by atoms with Crippen LogP contribution in [0.2, 0.25) is 5.02 Å². The van der Waals surface area contributed by atoms with Crippen LogP contribution in [0.15, 0.2) is 35.3 Å². The van der Waals surface area contributed by atoms with Gasteiger partial charge in [0, 0.05) is 11.3 Å². The summed E-state index contributed by atoms with van der Waals surface area (Å²) in [5.74, 6) is 2.17. The van der Waals surface area contributed by atoms with Crippen LogP contribution in [0.25, 0.3) is 0 Å². The molecule has 4 saturated carbocycles. The molecule has 0 saturated heterocycles. The molecule has 5 nitrogen and oxygen atoms in total. The number of ketones is 1. The average molecular weight is 398 g/mol. The predicted molar refractivity (Wildman–Crippen MR) is 109 cm³/mol. The summed E-state index contributed by atoms with van der Waals surface area (Å²) in [4.78, 5) is 24.7. The summed E-state index contributed by atoms with van der Waals surface area (Å²) in [7, 11) is 0. The summed E-state index contributed by atoms with van der Waals surface area (Å²) in [6.45, 7) is 1.53. The van der Waals surface area contributed by atoms with Crippen LogP contribution >= 0.6 is 11.6 Å². The normalized spacial score (nSPS) is 30.4. The van der Waals surface area contributed by atoms with Crippen LogP contribution in [0.5, 0.6) is 0 Å². The number of carbonyl (C=O) groups is 1. The van der Waals surface area contributed by atoms with Gasteiger partial charge in [-0.05, 0) is 75.3 Å². The van der Waals surface area contributed by atoms with Crippen molar-refractivity contribution in [3.8, 4) is 0 Å². The van der Waals surface area contributed by atoms with E-state index in [-0.39, 0.29) is 21.9 Å². The zero-order valence-electron chi connectivity index (χ0n) is 16.0. The molecule has 0 aliphatic heterocycles. The molecule has 1 N–H and O–H groups in total. The Labute approximate surface area is 169 Å². The number of benzene rings is 1. The van der Waals surface area contributed by atoms with Crippen molar-refractivity contribution in [2.75, 3.05) is 5.32 Å². The number of carbonyl (C=O) groups excluding carboxylic acids is 1. The molecule has 6 rings (SSSR count). The molecule has 4 aliphatic rings. The van der Waals surface area contributed by atoms with Gasteiger partial charge in [-0.1, -0.05) is 23.7 Å². The quantitative estimate of drug-likeness (QED) is 0.755. The number of rotatable bonds is 4.